The van der Waals surface area contributed by atoms with Crippen LogP contribution in [0.15, 0.2) is 0 Å². The van der Waals surface area contributed by atoms with Gasteiger partial charge in [0.1, 0.15) is 6.10 Å². The molecule has 4 heteroatoms. The Balaban J connectivity index is 4.03. The lowest BCUT2D eigenvalue weighted by Crippen LogP contribution is -2.38. The summed E-state index contributed by atoms with van der Waals surface area (Å²) in [7, 11) is 7.90. The van der Waals surface area contributed by atoms with Gasteiger partial charge in [0.25, 0.3) is 0 Å². The van der Waals surface area contributed by atoms with Crippen molar-refractivity contribution in [2.45, 2.75) is 19.4 Å². The van der Waals surface area contributed by atoms with Gasteiger partial charge in [0, 0.05) is 19.5 Å². The Morgan fingerprint density at radius 2 is 1.57 bits per heavy atom. The molecule has 0 aliphatic rings. The Kier molecular flexibility index (Phi) is 6.49. The van der Waals surface area contributed by atoms with Crippen LogP contribution >= 0.6 is 0 Å². The first-order valence-electron chi connectivity index (χ1n) is 4.94. The summed E-state index contributed by atoms with van der Waals surface area (Å²) in [6, 6.07) is 0. The molecule has 0 aromatic carbocycles. The third-order valence-corrected chi connectivity index (χ3v) is 1.72. The van der Waals surface area contributed by atoms with E-state index in [4.69, 9.17) is 4.74 Å². The molecule has 0 aromatic rings. The molecule has 0 aromatic heterocycles. The zero-order valence-corrected chi connectivity index (χ0v) is 9.91. The minimum absolute atomic E-state index is 0.0348. The third kappa shape index (κ3) is 6.86. The molecule has 0 amide bonds. The molecular weight excluding hydrogens is 180 g/mol. The predicted molar refractivity (Wildman–Crippen MR) is 57.3 cm³/mol. The average molecular weight is 202 g/mol. The zero-order chi connectivity index (χ0) is 11.1. The van der Waals surface area contributed by atoms with Crippen LogP contribution in [0.5, 0.6) is 0 Å². The molecule has 0 saturated heterocycles. The second kappa shape index (κ2) is 6.79. The maximum absolute atomic E-state index is 11.1. The monoisotopic (exact) mass is 202 g/mol. The second-order valence-electron chi connectivity index (χ2n) is 3.99. The molecule has 0 saturated carbocycles. The highest BCUT2D eigenvalue weighted by atomic mass is 16.5. The number of likely N-dealkylation sites (N-methyl/N-ethyl adjacent to an activating group) is 2. The molecule has 0 radical (unpaired) electrons. The number of carbonyl (C=O) groups is 1. The van der Waals surface area contributed by atoms with E-state index in [1.807, 2.05) is 44.9 Å². The fourth-order valence-electron chi connectivity index (χ4n) is 1.22. The standard InChI is InChI=1S/C10H22N2O2/c1-6-10(13)14-9(7-11(2)3)8-12(4)5/h9H,6-8H2,1-5H3. The summed E-state index contributed by atoms with van der Waals surface area (Å²) in [6.45, 7) is 3.35. The molecule has 84 valence electrons. The van der Waals surface area contributed by atoms with Gasteiger partial charge < -0.3 is 14.5 Å². The van der Waals surface area contributed by atoms with Gasteiger partial charge in [0.15, 0.2) is 0 Å². The first-order chi connectivity index (χ1) is 6.45. The molecule has 0 bridgehead atoms. The van der Waals surface area contributed by atoms with E-state index in [-0.39, 0.29) is 12.1 Å². The molecule has 0 unspecified atom stereocenters. The number of nitrogens with zero attached hydrogens (tertiary/aromatic N) is 2. The maximum Gasteiger partial charge on any atom is 0.305 e. The fraction of sp³-hybridized carbons (Fsp3) is 0.900. The minimum Gasteiger partial charge on any atom is -0.460 e. The van der Waals surface area contributed by atoms with Crippen LogP contribution in [0.25, 0.3) is 0 Å². The Morgan fingerprint density at radius 1 is 1.14 bits per heavy atom. The van der Waals surface area contributed by atoms with E-state index in [1.165, 1.54) is 0 Å². The Bertz CT molecular complexity index is 160. The highest BCUT2D eigenvalue weighted by Gasteiger charge is 2.14. The van der Waals surface area contributed by atoms with Crippen molar-refractivity contribution in [2.75, 3.05) is 41.3 Å². The van der Waals surface area contributed by atoms with Crippen molar-refractivity contribution >= 4 is 5.97 Å². The van der Waals surface area contributed by atoms with Crippen LogP contribution in [0.2, 0.25) is 0 Å². The van der Waals surface area contributed by atoms with Crippen molar-refractivity contribution in [1.82, 2.24) is 9.80 Å². The summed E-state index contributed by atoms with van der Waals surface area (Å²) in [5.74, 6) is -0.126. The summed E-state index contributed by atoms with van der Waals surface area (Å²) in [4.78, 5) is 15.2. The van der Waals surface area contributed by atoms with E-state index in [9.17, 15) is 4.79 Å². The van der Waals surface area contributed by atoms with Crippen LogP contribution in [-0.2, 0) is 9.53 Å². The van der Waals surface area contributed by atoms with E-state index in [0.717, 1.165) is 13.1 Å². The fourth-order valence-corrected chi connectivity index (χ4v) is 1.22. The van der Waals surface area contributed by atoms with Gasteiger partial charge in [-0.25, -0.2) is 0 Å². The normalized spacial score (nSPS) is 11.4. The van der Waals surface area contributed by atoms with E-state index in [0.29, 0.717) is 6.42 Å². The van der Waals surface area contributed by atoms with Crippen LogP contribution in [0, 0.1) is 0 Å². The van der Waals surface area contributed by atoms with Gasteiger partial charge >= 0.3 is 5.97 Å². The van der Waals surface area contributed by atoms with Crippen LogP contribution < -0.4 is 0 Å². The Labute approximate surface area is 86.8 Å². The zero-order valence-electron chi connectivity index (χ0n) is 9.91. The number of hydrogen-bond acceptors (Lipinski definition) is 4. The molecule has 0 heterocycles. The summed E-state index contributed by atoms with van der Waals surface area (Å²) >= 11 is 0. The number of ether oxygens (including phenoxy) is 1. The topological polar surface area (TPSA) is 32.8 Å². The summed E-state index contributed by atoms with van der Waals surface area (Å²) < 4.78 is 5.30. The molecule has 0 fully saturated rings. The summed E-state index contributed by atoms with van der Waals surface area (Å²) in [6.07, 6.45) is 0.407. The number of esters is 1. The number of carbonyl (C=O) groups excluding carboxylic acids is 1. The summed E-state index contributed by atoms with van der Waals surface area (Å²) in [5.41, 5.74) is 0. The second-order valence-corrected chi connectivity index (χ2v) is 3.99. The van der Waals surface area contributed by atoms with E-state index < -0.39 is 0 Å². The molecule has 0 N–H and O–H groups in total. The first-order valence-corrected chi connectivity index (χ1v) is 4.94. The van der Waals surface area contributed by atoms with Crippen molar-refractivity contribution in [3.05, 3.63) is 0 Å². The highest BCUT2D eigenvalue weighted by Crippen LogP contribution is 1.98. The van der Waals surface area contributed by atoms with Crippen molar-refractivity contribution < 1.29 is 9.53 Å². The molecule has 0 spiro atoms. The minimum atomic E-state index is -0.126. The molecule has 0 atom stereocenters. The van der Waals surface area contributed by atoms with E-state index in [2.05, 4.69) is 0 Å². The maximum atomic E-state index is 11.1. The molecule has 0 aliphatic carbocycles. The van der Waals surface area contributed by atoms with Crippen LogP contribution in [-0.4, -0.2) is 63.2 Å². The van der Waals surface area contributed by atoms with E-state index in [1.54, 1.807) is 0 Å². The lowest BCUT2D eigenvalue weighted by atomic mass is 10.3. The van der Waals surface area contributed by atoms with Gasteiger partial charge in [0.05, 0.1) is 0 Å². The lowest BCUT2D eigenvalue weighted by molar-refractivity contribution is -0.149. The van der Waals surface area contributed by atoms with Crippen LogP contribution in [0.4, 0.5) is 0 Å². The van der Waals surface area contributed by atoms with Crippen molar-refractivity contribution in [2.24, 2.45) is 0 Å². The Hall–Kier alpha value is -0.610. The Morgan fingerprint density at radius 3 is 1.86 bits per heavy atom. The lowest BCUT2D eigenvalue weighted by Gasteiger charge is -2.24. The third-order valence-electron chi connectivity index (χ3n) is 1.72. The highest BCUT2D eigenvalue weighted by molar-refractivity contribution is 5.69. The largest absolute Gasteiger partial charge is 0.460 e. The summed E-state index contributed by atoms with van der Waals surface area (Å²) in [5, 5.41) is 0. The predicted octanol–water partition coefficient (Wildman–Crippen LogP) is 0.431. The van der Waals surface area contributed by atoms with Crippen LogP contribution in [0.1, 0.15) is 13.3 Å². The van der Waals surface area contributed by atoms with Crippen molar-refractivity contribution in [1.29, 1.82) is 0 Å². The van der Waals surface area contributed by atoms with Gasteiger partial charge in [-0.05, 0) is 28.2 Å². The van der Waals surface area contributed by atoms with Crippen molar-refractivity contribution in [3.8, 4) is 0 Å². The first kappa shape index (κ1) is 13.4. The number of hydrogen-bond donors (Lipinski definition) is 0. The van der Waals surface area contributed by atoms with Gasteiger partial charge in [-0.15, -0.1) is 0 Å². The SMILES string of the molecule is CCC(=O)OC(CN(C)C)CN(C)C. The smallest absolute Gasteiger partial charge is 0.305 e. The molecule has 0 rings (SSSR count). The number of rotatable bonds is 6. The van der Waals surface area contributed by atoms with Gasteiger partial charge in [-0.2, -0.15) is 0 Å². The van der Waals surface area contributed by atoms with Gasteiger partial charge in [-0.1, -0.05) is 6.92 Å². The van der Waals surface area contributed by atoms with Crippen molar-refractivity contribution in [3.63, 3.8) is 0 Å². The molecule has 14 heavy (non-hydrogen) atoms. The van der Waals surface area contributed by atoms with Gasteiger partial charge in [-0.3, -0.25) is 4.79 Å². The molecule has 4 nitrogen and oxygen atoms in total. The average Bonchev–Trinajstić information content (AvgIpc) is 2.01. The quantitative estimate of drug-likeness (QED) is 0.585. The van der Waals surface area contributed by atoms with Crippen LogP contribution in [0.3, 0.4) is 0 Å². The molecular formula is C10H22N2O2. The molecule has 0 aliphatic heterocycles. The van der Waals surface area contributed by atoms with E-state index >= 15 is 0 Å². The van der Waals surface area contributed by atoms with Gasteiger partial charge in [0.2, 0.25) is 0 Å².